The fourth-order valence-electron chi connectivity index (χ4n) is 1.75. The summed E-state index contributed by atoms with van der Waals surface area (Å²) in [6.07, 6.45) is 4.05. The molecule has 1 aliphatic carbocycles. The highest BCUT2D eigenvalue weighted by atomic mass is 79.9. The third kappa shape index (κ3) is 2.47. The molecule has 1 aromatic heterocycles. The van der Waals surface area contributed by atoms with Crippen LogP contribution >= 0.6 is 15.9 Å². The number of nitrogens with two attached hydrogens (primary N) is 1. The first kappa shape index (κ1) is 11.7. The third-order valence-corrected chi connectivity index (χ3v) is 3.36. The molecule has 0 bridgehead atoms. The van der Waals surface area contributed by atoms with E-state index >= 15 is 0 Å². The molecule has 0 amide bonds. The van der Waals surface area contributed by atoms with E-state index in [4.69, 9.17) is 10.5 Å². The lowest BCUT2D eigenvalue weighted by Gasteiger charge is -2.39. The van der Waals surface area contributed by atoms with Gasteiger partial charge in [-0.25, -0.2) is 4.98 Å². The number of aromatic nitrogens is 1. The number of hydrogen-bond acceptors (Lipinski definition) is 4. The summed E-state index contributed by atoms with van der Waals surface area (Å²) in [5.74, 6) is 0.547. The Hall–Kier alpha value is -0.810. The van der Waals surface area contributed by atoms with E-state index < -0.39 is 0 Å². The minimum atomic E-state index is 0.253. The van der Waals surface area contributed by atoms with Crippen LogP contribution in [0, 0.1) is 0 Å². The summed E-state index contributed by atoms with van der Waals surface area (Å²) >= 11 is 3.32. The van der Waals surface area contributed by atoms with Gasteiger partial charge in [0.25, 0.3) is 0 Å². The van der Waals surface area contributed by atoms with Crippen LogP contribution < -0.4 is 10.5 Å². The minimum Gasteiger partial charge on any atom is -0.473 e. The van der Waals surface area contributed by atoms with E-state index in [0.717, 1.165) is 17.3 Å². The van der Waals surface area contributed by atoms with Crippen molar-refractivity contribution in [3.05, 3.63) is 16.7 Å². The lowest BCUT2D eigenvalue weighted by atomic mass is 9.88. The highest BCUT2D eigenvalue weighted by Crippen LogP contribution is 2.30. The van der Waals surface area contributed by atoms with Crippen LogP contribution in [0.15, 0.2) is 16.7 Å². The topological polar surface area (TPSA) is 51.4 Å². The second-order valence-corrected chi connectivity index (χ2v) is 5.29. The SMILES string of the molecule is CN(C)C1CC(Oc2ncc(Br)cc2N)C1. The van der Waals surface area contributed by atoms with Crippen molar-refractivity contribution >= 4 is 21.6 Å². The molecule has 1 heterocycles. The molecule has 0 spiro atoms. The zero-order valence-corrected chi connectivity index (χ0v) is 11.1. The maximum absolute atomic E-state index is 5.82. The Bertz CT molecular complexity index is 377. The number of rotatable bonds is 3. The van der Waals surface area contributed by atoms with Gasteiger partial charge in [-0.2, -0.15) is 0 Å². The molecule has 5 heteroatoms. The van der Waals surface area contributed by atoms with Gasteiger partial charge in [-0.15, -0.1) is 0 Å². The molecule has 1 fully saturated rings. The number of anilines is 1. The van der Waals surface area contributed by atoms with Crippen molar-refractivity contribution in [3.8, 4) is 5.88 Å². The monoisotopic (exact) mass is 285 g/mol. The quantitative estimate of drug-likeness (QED) is 0.922. The van der Waals surface area contributed by atoms with E-state index in [1.54, 1.807) is 6.20 Å². The molecule has 0 atom stereocenters. The Kier molecular flexibility index (Phi) is 3.35. The molecule has 1 saturated carbocycles. The second-order valence-electron chi connectivity index (χ2n) is 4.38. The van der Waals surface area contributed by atoms with Crippen LogP contribution in [0.5, 0.6) is 5.88 Å². The van der Waals surface area contributed by atoms with Gasteiger partial charge in [0.2, 0.25) is 5.88 Å². The molecule has 2 N–H and O–H groups in total. The highest BCUT2D eigenvalue weighted by molar-refractivity contribution is 9.10. The zero-order chi connectivity index (χ0) is 11.7. The molecule has 88 valence electrons. The predicted octanol–water partition coefficient (Wildman–Crippen LogP) is 1.90. The van der Waals surface area contributed by atoms with Crippen molar-refractivity contribution in [2.45, 2.75) is 25.0 Å². The Morgan fingerprint density at radius 3 is 2.75 bits per heavy atom. The Balaban J connectivity index is 1.91. The maximum atomic E-state index is 5.82. The molecule has 0 unspecified atom stereocenters. The van der Waals surface area contributed by atoms with E-state index in [0.29, 0.717) is 17.6 Å². The lowest BCUT2D eigenvalue weighted by Crippen LogP contribution is -2.46. The molecule has 4 nitrogen and oxygen atoms in total. The zero-order valence-electron chi connectivity index (χ0n) is 9.48. The highest BCUT2D eigenvalue weighted by Gasteiger charge is 2.32. The molecular formula is C11H16BrN3O. The van der Waals surface area contributed by atoms with Gasteiger partial charge in [0.15, 0.2) is 0 Å². The van der Waals surface area contributed by atoms with Gasteiger partial charge < -0.3 is 15.4 Å². The van der Waals surface area contributed by atoms with E-state index in [1.165, 1.54) is 0 Å². The number of ether oxygens (including phenoxy) is 1. The van der Waals surface area contributed by atoms with Gasteiger partial charge in [0, 0.05) is 29.6 Å². The summed E-state index contributed by atoms with van der Waals surface area (Å²) in [5, 5.41) is 0. The molecule has 1 aromatic rings. The maximum Gasteiger partial charge on any atom is 0.237 e. The molecule has 0 radical (unpaired) electrons. The summed E-state index contributed by atoms with van der Waals surface area (Å²) < 4.78 is 6.61. The first-order valence-corrected chi connectivity index (χ1v) is 6.09. The van der Waals surface area contributed by atoms with Crippen LogP contribution in [0.3, 0.4) is 0 Å². The number of halogens is 1. The van der Waals surface area contributed by atoms with Crippen LogP contribution in [-0.2, 0) is 0 Å². The van der Waals surface area contributed by atoms with Gasteiger partial charge in [-0.3, -0.25) is 0 Å². The summed E-state index contributed by atoms with van der Waals surface area (Å²) in [5.41, 5.74) is 6.40. The molecule has 0 aromatic carbocycles. The van der Waals surface area contributed by atoms with Crippen molar-refractivity contribution in [3.63, 3.8) is 0 Å². The van der Waals surface area contributed by atoms with Crippen LogP contribution in [0.2, 0.25) is 0 Å². The number of nitrogens with zero attached hydrogens (tertiary/aromatic N) is 2. The summed E-state index contributed by atoms with van der Waals surface area (Å²) in [7, 11) is 4.18. The fourth-order valence-corrected chi connectivity index (χ4v) is 2.10. The smallest absolute Gasteiger partial charge is 0.237 e. The largest absolute Gasteiger partial charge is 0.473 e. The van der Waals surface area contributed by atoms with Gasteiger partial charge >= 0.3 is 0 Å². The molecule has 2 rings (SSSR count). The average Bonchev–Trinajstić information content (AvgIpc) is 2.12. The molecule has 16 heavy (non-hydrogen) atoms. The van der Waals surface area contributed by atoms with E-state index in [-0.39, 0.29) is 6.10 Å². The number of nitrogen functional groups attached to an aromatic ring is 1. The van der Waals surface area contributed by atoms with Crippen LogP contribution in [0.1, 0.15) is 12.8 Å². The Morgan fingerprint density at radius 2 is 2.19 bits per heavy atom. The summed E-state index contributed by atoms with van der Waals surface area (Å²) in [4.78, 5) is 6.38. The van der Waals surface area contributed by atoms with Crippen molar-refractivity contribution < 1.29 is 4.74 Å². The van der Waals surface area contributed by atoms with Gasteiger partial charge in [-0.05, 0) is 36.1 Å². The van der Waals surface area contributed by atoms with E-state index in [1.807, 2.05) is 6.07 Å². The lowest BCUT2D eigenvalue weighted by molar-refractivity contribution is 0.0375. The second kappa shape index (κ2) is 4.59. The van der Waals surface area contributed by atoms with Crippen LogP contribution in [0.25, 0.3) is 0 Å². The van der Waals surface area contributed by atoms with Crippen molar-refractivity contribution in [1.82, 2.24) is 9.88 Å². The van der Waals surface area contributed by atoms with Gasteiger partial charge in [0.1, 0.15) is 6.10 Å². The third-order valence-electron chi connectivity index (χ3n) is 2.92. The Labute approximate surface area is 104 Å². The van der Waals surface area contributed by atoms with Crippen LogP contribution in [0.4, 0.5) is 5.69 Å². The van der Waals surface area contributed by atoms with Crippen molar-refractivity contribution in [2.24, 2.45) is 0 Å². The number of pyridine rings is 1. The molecule has 1 aliphatic rings. The predicted molar refractivity (Wildman–Crippen MR) is 67.5 cm³/mol. The van der Waals surface area contributed by atoms with Gasteiger partial charge in [-0.1, -0.05) is 0 Å². The minimum absolute atomic E-state index is 0.253. The van der Waals surface area contributed by atoms with Crippen molar-refractivity contribution in [2.75, 3.05) is 19.8 Å². The molecule has 0 saturated heterocycles. The average molecular weight is 286 g/mol. The van der Waals surface area contributed by atoms with E-state index in [2.05, 4.69) is 39.9 Å². The standard InChI is InChI=1S/C11H16BrN3O/c1-15(2)8-4-9(5-8)16-11-10(13)3-7(12)6-14-11/h3,6,8-9H,4-5,13H2,1-2H3. The first-order chi connectivity index (χ1) is 7.56. The normalized spacial score (nSPS) is 24.2. The van der Waals surface area contributed by atoms with Crippen molar-refractivity contribution in [1.29, 1.82) is 0 Å². The summed E-state index contributed by atoms with van der Waals surface area (Å²) in [6.45, 7) is 0. The van der Waals surface area contributed by atoms with Crippen LogP contribution in [-0.4, -0.2) is 36.1 Å². The number of hydrogen-bond donors (Lipinski definition) is 1. The van der Waals surface area contributed by atoms with Gasteiger partial charge in [0.05, 0.1) is 5.69 Å². The Morgan fingerprint density at radius 1 is 1.50 bits per heavy atom. The fraction of sp³-hybridized carbons (Fsp3) is 0.545. The summed E-state index contributed by atoms with van der Waals surface area (Å²) in [6, 6.07) is 2.44. The molecular weight excluding hydrogens is 270 g/mol. The van der Waals surface area contributed by atoms with E-state index in [9.17, 15) is 0 Å². The molecule has 0 aliphatic heterocycles. The first-order valence-electron chi connectivity index (χ1n) is 5.30.